The van der Waals surface area contributed by atoms with Gasteiger partial charge in [0.05, 0.1) is 30.6 Å². The molecule has 0 bridgehead atoms. The molecule has 0 aliphatic carbocycles. The van der Waals surface area contributed by atoms with Crippen molar-refractivity contribution in [3.8, 4) is 0 Å². The summed E-state index contributed by atoms with van der Waals surface area (Å²) in [7, 11) is 1.20. The van der Waals surface area contributed by atoms with Gasteiger partial charge in [0.15, 0.2) is 0 Å². The number of nitrogens with zero attached hydrogens (tertiary/aromatic N) is 3. The number of hydrogen-bond acceptors (Lipinski definition) is 9. The van der Waals surface area contributed by atoms with Gasteiger partial charge in [-0.25, -0.2) is 14.4 Å². The van der Waals surface area contributed by atoms with Crippen LogP contribution in [0.25, 0.3) is 5.70 Å². The van der Waals surface area contributed by atoms with Gasteiger partial charge in [0.25, 0.3) is 11.4 Å². The molecule has 1 atom stereocenters. The first-order chi connectivity index (χ1) is 19.8. The number of methoxy groups -OCH3 is 1. The number of ether oxygens (including phenoxy) is 2. The van der Waals surface area contributed by atoms with Gasteiger partial charge in [-0.3, -0.25) is 10.1 Å². The molecule has 41 heavy (non-hydrogen) atoms. The molecule has 1 unspecified atom stereocenters. The summed E-state index contributed by atoms with van der Waals surface area (Å²) in [5.74, 6) is -1.29. The molecule has 0 radical (unpaired) electrons. The maximum absolute atomic E-state index is 13.8. The molecular formula is C30H31N4O7+. The Labute approximate surface area is 237 Å². The Kier molecular flexibility index (Phi) is 8.88. The van der Waals surface area contributed by atoms with Crippen LogP contribution in [-0.2, 0) is 19.1 Å². The quantitative estimate of drug-likeness (QED) is 0.173. The van der Waals surface area contributed by atoms with Crippen LogP contribution in [0.3, 0.4) is 0 Å². The summed E-state index contributed by atoms with van der Waals surface area (Å²) in [5, 5.41) is 14.7. The van der Waals surface area contributed by atoms with Gasteiger partial charge < -0.3 is 14.8 Å². The second-order valence-electron chi connectivity index (χ2n) is 9.31. The number of carbonyl (C=O) groups is 3. The Balaban J connectivity index is 1.78. The average Bonchev–Trinajstić information content (AvgIpc) is 3.34. The number of amidine groups is 1. The molecule has 0 spiro atoms. The molecule has 0 fully saturated rings. The van der Waals surface area contributed by atoms with E-state index in [0.717, 1.165) is 6.42 Å². The Morgan fingerprint density at radius 3 is 2.46 bits per heavy atom. The summed E-state index contributed by atoms with van der Waals surface area (Å²) >= 11 is 0. The van der Waals surface area contributed by atoms with Crippen molar-refractivity contribution in [1.29, 1.82) is 0 Å². The van der Waals surface area contributed by atoms with Gasteiger partial charge >= 0.3 is 17.8 Å². The fourth-order valence-corrected chi connectivity index (χ4v) is 4.77. The fraction of sp³-hybridized carbons (Fsp3) is 0.267. The first-order valence-electron chi connectivity index (χ1n) is 13.3. The SMILES string of the molecule is CCCCC(=O)[N+]12C=CC(CNc3c(C(=O)OC)cccc3[N+](=O)[O-])=CC1=NC(c1ccccc1)=C2C(=O)OCC. The van der Waals surface area contributed by atoms with Crippen molar-refractivity contribution in [2.45, 2.75) is 33.1 Å². The number of nitrogens with one attached hydrogen (secondary N) is 1. The van der Waals surface area contributed by atoms with E-state index < -0.39 is 21.3 Å². The largest absolute Gasteiger partial charge is 0.465 e. The molecule has 212 valence electrons. The van der Waals surface area contributed by atoms with Gasteiger partial charge in [0, 0.05) is 24.3 Å². The van der Waals surface area contributed by atoms with Crippen LogP contribution >= 0.6 is 0 Å². The van der Waals surface area contributed by atoms with Crippen molar-refractivity contribution in [2.75, 3.05) is 25.6 Å². The number of hydrogen-bond donors (Lipinski definition) is 1. The van der Waals surface area contributed by atoms with Crippen molar-refractivity contribution < 1.29 is 33.3 Å². The summed E-state index contributed by atoms with van der Waals surface area (Å²) in [6.45, 7) is 3.85. The van der Waals surface area contributed by atoms with E-state index in [4.69, 9.17) is 14.5 Å². The predicted octanol–water partition coefficient (Wildman–Crippen LogP) is 5.12. The van der Waals surface area contributed by atoms with Crippen molar-refractivity contribution in [1.82, 2.24) is 0 Å². The van der Waals surface area contributed by atoms with E-state index in [2.05, 4.69) is 5.32 Å². The number of fused-ring (bicyclic) bond motifs is 1. The van der Waals surface area contributed by atoms with E-state index in [-0.39, 0.29) is 48.1 Å². The number of nitro groups is 1. The molecule has 2 aliphatic heterocycles. The molecule has 1 N–H and O–H groups in total. The number of benzene rings is 2. The van der Waals surface area contributed by atoms with E-state index in [0.29, 0.717) is 29.1 Å². The number of quaternary nitrogens is 1. The van der Waals surface area contributed by atoms with Gasteiger partial charge in [-0.2, -0.15) is 4.99 Å². The zero-order valence-corrected chi connectivity index (χ0v) is 23.1. The summed E-state index contributed by atoms with van der Waals surface area (Å²) < 4.78 is 9.69. The van der Waals surface area contributed by atoms with E-state index in [1.54, 1.807) is 25.3 Å². The fourth-order valence-electron chi connectivity index (χ4n) is 4.77. The molecule has 2 aliphatic rings. The van der Waals surface area contributed by atoms with Crippen LogP contribution in [0.1, 0.15) is 49.0 Å². The van der Waals surface area contributed by atoms with Gasteiger partial charge in [0.2, 0.25) is 5.84 Å². The van der Waals surface area contributed by atoms with E-state index >= 15 is 0 Å². The van der Waals surface area contributed by atoms with Gasteiger partial charge in [-0.05, 0) is 31.1 Å². The lowest BCUT2D eigenvalue weighted by molar-refractivity contribution is -0.656. The van der Waals surface area contributed by atoms with Crippen LogP contribution < -0.4 is 5.32 Å². The molecule has 2 heterocycles. The summed E-state index contributed by atoms with van der Waals surface area (Å²) in [6.07, 6.45) is 6.59. The average molecular weight is 560 g/mol. The molecule has 11 heteroatoms. The number of rotatable bonds is 11. The Hall–Kier alpha value is -4.90. The van der Waals surface area contributed by atoms with Gasteiger partial charge in [0.1, 0.15) is 17.6 Å². The highest BCUT2D eigenvalue weighted by Crippen LogP contribution is 2.41. The van der Waals surface area contributed by atoms with Crippen molar-refractivity contribution in [3.05, 3.63) is 99.4 Å². The molecule has 2 aromatic rings. The second-order valence-corrected chi connectivity index (χ2v) is 9.31. The highest BCUT2D eigenvalue weighted by molar-refractivity contribution is 6.12. The lowest BCUT2D eigenvalue weighted by Crippen LogP contribution is -2.52. The lowest BCUT2D eigenvalue weighted by Gasteiger charge is -2.30. The predicted molar refractivity (Wildman–Crippen MR) is 152 cm³/mol. The lowest BCUT2D eigenvalue weighted by atomic mass is 10.1. The molecule has 4 rings (SSSR count). The minimum absolute atomic E-state index is 0.00710. The minimum Gasteiger partial charge on any atom is -0.465 e. The molecule has 1 amide bonds. The minimum atomic E-state index is -0.725. The number of esters is 2. The van der Waals surface area contributed by atoms with Crippen molar-refractivity contribution in [3.63, 3.8) is 0 Å². The Bertz CT molecular complexity index is 1510. The van der Waals surface area contributed by atoms with Crippen LogP contribution in [0.2, 0.25) is 0 Å². The van der Waals surface area contributed by atoms with Crippen LogP contribution in [0.4, 0.5) is 11.4 Å². The molecular weight excluding hydrogens is 528 g/mol. The number of anilines is 1. The van der Waals surface area contributed by atoms with Crippen molar-refractivity contribution in [2.24, 2.45) is 4.99 Å². The third-order valence-electron chi connectivity index (χ3n) is 6.76. The first-order valence-corrected chi connectivity index (χ1v) is 13.3. The van der Waals surface area contributed by atoms with Crippen LogP contribution in [0.5, 0.6) is 0 Å². The van der Waals surface area contributed by atoms with E-state index in [1.165, 1.54) is 25.3 Å². The molecule has 0 saturated carbocycles. The smallest absolute Gasteiger partial charge is 0.396 e. The number of para-hydroxylation sites is 1. The van der Waals surface area contributed by atoms with Crippen LogP contribution in [0.15, 0.2) is 83.1 Å². The molecule has 11 nitrogen and oxygen atoms in total. The summed E-state index contributed by atoms with van der Waals surface area (Å²) in [6, 6.07) is 13.2. The number of unbranched alkanes of at least 4 members (excludes halogenated alkanes) is 1. The standard InChI is InChI=1S/C30H30N4O7/c1-4-6-15-25(35)34-17-16-20(19-31-27-22(29(36)40-3)13-10-14-23(27)33(38)39)18-24(34)32-26(21-11-8-7-9-12-21)28(34)30(37)41-5-2/h7-14,16-18H,4-6,15,19H2,1-3H3/p+1. The first kappa shape index (κ1) is 29.1. The highest BCUT2D eigenvalue weighted by Gasteiger charge is 2.55. The Morgan fingerprint density at radius 1 is 1.05 bits per heavy atom. The number of nitro benzene ring substituents is 1. The Morgan fingerprint density at radius 2 is 1.80 bits per heavy atom. The zero-order chi connectivity index (χ0) is 29.6. The van der Waals surface area contributed by atoms with Crippen LogP contribution in [-0.4, -0.2) is 53.3 Å². The summed E-state index contributed by atoms with van der Waals surface area (Å²) in [4.78, 5) is 55.4. The third kappa shape index (κ3) is 5.57. The van der Waals surface area contributed by atoms with Crippen LogP contribution in [0, 0.1) is 10.1 Å². The monoisotopic (exact) mass is 559 g/mol. The zero-order valence-electron chi connectivity index (χ0n) is 23.1. The number of amides is 1. The maximum Gasteiger partial charge on any atom is 0.396 e. The third-order valence-corrected chi connectivity index (χ3v) is 6.76. The molecule has 2 aromatic carbocycles. The molecule has 0 aromatic heterocycles. The van der Waals surface area contributed by atoms with Crippen molar-refractivity contribution >= 4 is 40.8 Å². The van der Waals surface area contributed by atoms with E-state index in [1.807, 2.05) is 37.3 Å². The number of aliphatic imine (C=N–C) groups is 1. The highest BCUT2D eigenvalue weighted by atomic mass is 16.6. The maximum atomic E-state index is 13.8. The van der Waals surface area contributed by atoms with E-state index in [9.17, 15) is 24.5 Å². The number of carbonyl (C=O) groups excluding carboxylic acids is 3. The topological polar surface area (TPSA) is 137 Å². The second kappa shape index (κ2) is 12.5. The van der Waals surface area contributed by atoms with Gasteiger partial charge in [-0.1, -0.05) is 49.7 Å². The normalized spacial score (nSPS) is 17.3. The van der Waals surface area contributed by atoms with Gasteiger partial charge in [-0.15, -0.1) is 4.48 Å². The molecule has 0 saturated heterocycles. The summed E-state index contributed by atoms with van der Waals surface area (Å²) in [5.41, 5.74) is 1.45.